The van der Waals surface area contributed by atoms with Crippen LogP contribution in [0.25, 0.3) is 0 Å². The lowest BCUT2D eigenvalue weighted by molar-refractivity contribution is -0.143. The van der Waals surface area contributed by atoms with E-state index in [0.29, 0.717) is 25.1 Å². The fourth-order valence-corrected chi connectivity index (χ4v) is 3.35. The minimum atomic E-state index is -1.32. The maximum Gasteiger partial charge on any atom is 0.326 e. The van der Waals surface area contributed by atoms with Crippen LogP contribution in [0.3, 0.4) is 0 Å². The van der Waals surface area contributed by atoms with E-state index < -0.39 is 54.2 Å². The number of hydrogen-bond donors (Lipinski definition) is 6. The quantitative estimate of drug-likeness (QED) is 0.222. The van der Waals surface area contributed by atoms with Crippen molar-refractivity contribution in [1.29, 1.82) is 0 Å². The Morgan fingerprint density at radius 2 is 1.97 bits per heavy atom. The van der Waals surface area contributed by atoms with E-state index >= 15 is 0 Å². The minimum Gasteiger partial charge on any atom is -0.481 e. The van der Waals surface area contributed by atoms with E-state index in [4.69, 9.17) is 10.8 Å². The third-order valence-corrected chi connectivity index (χ3v) is 4.92. The van der Waals surface area contributed by atoms with E-state index in [1.165, 1.54) is 17.4 Å². The molecule has 3 atom stereocenters. The molecule has 1 saturated heterocycles. The number of nitrogens with zero attached hydrogens (tertiary/aromatic N) is 2. The van der Waals surface area contributed by atoms with Gasteiger partial charge in [-0.1, -0.05) is 0 Å². The van der Waals surface area contributed by atoms with Gasteiger partial charge < -0.3 is 36.5 Å². The summed E-state index contributed by atoms with van der Waals surface area (Å²) in [5.74, 6) is -4.35. The first kappa shape index (κ1) is 23.8. The number of imidazole rings is 1. The lowest BCUT2D eigenvalue weighted by Gasteiger charge is -2.26. The average molecular weight is 438 g/mol. The maximum absolute atomic E-state index is 12.7. The van der Waals surface area contributed by atoms with Gasteiger partial charge in [-0.25, -0.2) is 9.78 Å². The number of rotatable bonds is 11. The van der Waals surface area contributed by atoms with Crippen LogP contribution in [-0.2, 0) is 30.4 Å². The van der Waals surface area contributed by atoms with Gasteiger partial charge >= 0.3 is 11.9 Å². The Balaban J connectivity index is 2.09. The normalized spacial score (nSPS) is 17.6. The van der Waals surface area contributed by atoms with Gasteiger partial charge in [0, 0.05) is 31.3 Å². The number of H-pyrrole nitrogens is 1. The summed E-state index contributed by atoms with van der Waals surface area (Å²) >= 11 is 0. The van der Waals surface area contributed by atoms with Crippen molar-refractivity contribution in [3.63, 3.8) is 0 Å². The number of carboxylic acid groups (broad SMARTS) is 2. The Labute approximate surface area is 177 Å². The van der Waals surface area contributed by atoms with Crippen LogP contribution in [0.4, 0.5) is 0 Å². The molecule has 13 nitrogen and oxygen atoms in total. The highest BCUT2D eigenvalue weighted by atomic mass is 16.4. The van der Waals surface area contributed by atoms with Crippen molar-refractivity contribution in [2.75, 3.05) is 13.1 Å². The van der Waals surface area contributed by atoms with Gasteiger partial charge in [-0.05, 0) is 19.3 Å². The summed E-state index contributed by atoms with van der Waals surface area (Å²) in [5.41, 5.74) is 5.84. The summed E-state index contributed by atoms with van der Waals surface area (Å²) in [5, 5.41) is 23.2. The molecule has 0 saturated carbocycles. The lowest BCUT2D eigenvalue weighted by Crippen LogP contribution is -2.56. The Morgan fingerprint density at radius 1 is 1.23 bits per heavy atom. The van der Waals surface area contributed by atoms with Crippen LogP contribution in [0.2, 0.25) is 0 Å². The fourth-order valence-electron chi connectivity index (χ4n) is 3.35. The van der Waals surface area contributed by atoms with Gasteiger partial charge in [0.1, 0.15) is 18.1 Å². The van der Waals surface area contributed by atoms with Crippen LogP contribution >= 0.6 is 0 Å². The SMILES string of the molecule is NCC(=O)N1CCCC1C(=O)NC(CCC(=O)O)C(=O)NC(Cc1cnc[nH]1)C(=O)O. The second kappa shape index (κ2) is 11.1. The first-order valence-electron chi connectivity index (χ1n) is 9.75. The Morgan fingerprint density at radius 3 is 2.55 bits per heavy atom. The number of aromatic amines is 1. The van der Waals surface area contributed by atoms with Gasteiger partial charge in [0.25, 0.3) is 0 Å². The number of nitrogens with one attached hydrogen (secondary N) is 3. The molecule has 1 aliphatic heterocycles. The van der Waals surface area contributed by atoms with Gasteiger partial charge in [-0.3, -0.25) is 19.2 Å². The minimum absolute atomic E-state index is 0.0813. The number of aliphatic carboxylic acids is 2. The molecule has 2 rings (SSSR count). The predicted octanol–water partition coefficient (Wildman–Crippen LogP) is -2.18. The molecule has 0 aromatic carbocycles. The number of hydrogen-bond acceptors (Lipinski definition) is 7. The molecule has 1 aliphatic rings. The number of likely N-dealkylation sites (tertiary alicyclic amines) is 1. The zero-order valence-electron chi connectivity index (χ0n) is 16.7. The first-order valence-corrected chi connectivity index (χ1v) is 9.75. The molecule has 13 heteroatoms. The van der Waals surface area contributed by atoms with Crippen LogP contribution in [0.5, 0.6) is 0 Å². The second-order valence-electron chi connectivity index (χ2n) is 7.12. The Bertz CT molecular complexity index is 812. The molecule has 3 unspecified atom stereocenters. The van der Waals surface area contributed by atoms with Crippen LogP contribution < -0.4 is 16.4 Å². The molecule has 1 aromatic rings. The number of carbonyl (C=O) groups excluding carboxylic acids is 3. The third-order valence-electron chi connectivity index (χ3n) is 4.92. The van der Waals surface area contributed by atoms with E-state index in [9.17, 15) is 29.1 Å². The summed E-state index contributed by atoms with van der Waals surface area (Å²) in [6, 6.07) is -3.43. The van der Waals surface area contributed by atoms with E-state index in [-0.39, 0.29) is 19.4 Å². The zero-order valence-corrected chi connectivity index (χ0v) is 16.7. The van der Waals surface area contributed by atoms with Crippen molar-refractivity contribution in [1.82, 2.24) is 25.5 Å². The number of aromatic nitrogens is 2. The molecule has 7 N–H and O–H groups in total. The highest BCUT2D eigenvalue weighted by Crippen LogP contribution is 2.18. The Kier molecular flexibility index (Phi) is 8.49. The largest absolute Gasteiger partial charge is 0.481 e. The topological polar surface area (TPSA) is 208 Å². The number of carboxylic acids is 2. The molecule has 1 aromatic heterocycles. The van der Waals surface area contributed by atoms with E-state index in [2.05, 4.69) is 20.6 Å². The average Bonchev–Trinajstić information content (AvgIpc) is 3.41. The zero-order chi connectivity index (χ0) is 23.0. The first-order chi connectivity index (χ1) is 14.7. The van der Waals surface area contributed by atoms with E-state index in [0.717, 1.165) is 0 Å². The van der Waals surface area contributed by atoms with Crippen LogP contribution in [0, 0.1) is 0 Å². The van der Waals surface area contributed by atoms with Crippen LogP contribution in [0.15, 0.2) is 12.5 Å². The van der Waals surface area contributed by atoms with Gasteiger partial charge in [-0.15, -0.1) is 0 Å². The molecule has 0 aliphatic carbocycles. The number of nitrogens with two attached hydrogens (primary N) is 1. The van der Waals surface area contributed by atoms with Gasteiger partial charge in [0.05, 0.1) is 12.9 Å². The molecule has 3 amide bonds. The van der Waals surface area contributed by atoms with Crippen molar-refractivity contribution in [3.8, 4) is 0 Å². The van der Waals surface area contributed by atoms with Crippen LogP contribution in [-0.4, -0.2) is 86.0 Å². The number of carbonyl (C=O) groups is 5. The Hall–Kier alpha value is -3.48. The molecule has 0 bridgehead atoms. The molecule has 0 spiro atoms. The number of amides is 3. The lowest BCUT2D eigenvalue weighted by atomic mass is 10.1. The molecule has 31 heavy (non-hydrogen) atoms. The molecule has 2 heterocycles. The van der Waals surface area contributed by atoms with Crippen molar-refractivity contribution >= 4 is 29.7 Å². The van der Waals surface area contributed by atoms with Crippen molar-refractivity contribution < 1.29 is 34.2 Å². The van der Waals surface area contributed by atoms with Crippen molar-refractivity contribution in [2.24, 2.45) is 5.73 Å². The molecule has 0 radical (unpaired) electrons. The second-order valence-corrected chi connectivity index (χ2v) is 7.12. The fraction of sp³-hybridized carbons (Fsp3) is 0.556. The van der Waals surface area contributed by atoms with Crippen molar-refractivity contribution in [3.05, 3.63) is 18.2 Å². The van der Waals surface area contributed by atoms with Gasteiger partial charge in [0.15, 0.2) is 0 Å². The summed E-state index contributed by atoms with van der Waals surface area (Å²) in [4.78, 5) is 67.7. The van der Waals surface area contributed by atoms with Gasteiger partial charge in [-0.2, -0.15) is 0 Å². The van der Waals surface area contributed by atoms with Crippen molar-refractivity contribution in [2.45, 2.75) is 50.2 Å². The third kappa shape index (κ3) is 6.77. The highest BCUT2D eigenvalue weighted by molar-refractivity contribution is 5.94. The monoisotopic (exact) mass is 438 g/mol. The van der Waals surface area contributed by atoms with Crippen LogP contribution in [0.1, 0.15) is 31.4 Å². The standard InChI is InChI=1S/C18H26N6O7/c19-7-14(25)24-5-1-2-13(24)17(29)22-11(3-4-15(26)27)16(28)23-12(18(30)31)6-10-8-20-9-21-10/h8-9,11-13H,1-7,19H2,(H,20,21)(H,22,29)(H,23,28)(H,26,27)(H,30,31). The molecule has 170 valence electrons. The molecular formula is C18H26N6O7. The summed E-state index contributed by atoms with van der Waals surface area (Å²) in [6.45, 7) is 0.0893. The smallest absolute Gasteiger partial charge is 0.326 e. The highest BCUT2D eigenvalue weighted by Gasteiger charge is 2.36. The van der Waals surface area contributed by atoms with Gasteiger partial charge in [0.2, 0.25) is 17.7 Å². The summed E-state index contributed by atoms with van der Waals surface area (Å²) < 4.78 is 0. The predicted molar refractivity (Wildman–Crippen MR) is 104 cm³/mol. The molecule has 1 fully saturated rings. The summed E-state index contributed by atoms with van der Waals surface area (Å²) in [6.07, 6.45) is 2.98. The molecular weight excluding hydrogens is 412 g/mol. The van der Waals surface area contributed by atoms with E-state index in [1.54, 1.807) is 0 Å². The summed E-state index contributed by atoms with van der Waals surface area (Å²) in [7, 11) is 0. The van der Waals surface area contributed by atoms with E-state index in [1.807, 2.05) is 0 Å². The maximum atomic E-state index is 12.7.